The summed E-state index contributed by atoms with van der Waals surface area (Å²) in [6, 6.07) is 5.06. The zero-order valence-electron chi connectivity index (χ0n) is 16.2. The number of nitrogens with zero attached hydrogens (tertiary/aromatic N) is 2. The Hall–Kier alpha value is -2.90. The first-order valence-electron chi connectivity index (χ1n) is 9.15. The molecule has 28 heavy (non-hydrogen) atoms. The molecule has 0 aliphatic carbocycles. The van der Waals surface area contributed by atoms with E-state index in [1.54, 1.807) is 25.7 Å². The molecule has 0 spiro atoms. The third-order valence-electron chi connectivity index (χ3n) is 4.37. The zero-order valence-corrected chi connectivity index (χ0v) is 16.2. The van der Waals surface area contributed by atoms with E-state index in [0.29, 0.717) is 31.4 Å². The molecule has 8 heteroatoms. The molecule has 0 N–H and O–H groups in total. The molecule has 2 heterocycles. The van der Waals surface area contributed by atoms with Gasteiger partial charge in [0.05, 0.1) is 5.39 Å². The molecule has 2 amide bonds. The van der Waals surface area contributed by atoms with E-state index in [1.165, 1.54) is 29.2 Å². The van der Waals surface area contributed by atoms with E-state index in [4.69, 9.17) is 9.15 Å². The normalized spacial score (nSPS) is 15.4. The molecule has 1 aliphatic heterocycles. The van der Waals surface area contributed by atoms with Gasteiger partial charge in [0, 0.05) is 26.2 Å². The van der Waals surface area contributed by atoms with Crippen LogP contribution in [0.3, 0.4) is 0 Å². The highest BCUT2D eigenvalue weighted by atomic mass is 19.1. The maximum atomic E-state index is 13.5. The monoisotopic (exact) mass is 390 g/mol. The Labute approximate surface area is 161 Å². The standard InChI is InChI=1S/C20H23FN2O5/c1-20(2,3)28-19(26)23-8-4-7-22(9-10-23)17(24)16-12-13-11-14(21)5-6-15(13)18(25)27-16/h5-6,11-12H,4,7-10H2,1-3H3. The summed E-state index contributed by atoms with van der Waals surface area (Å²) in [7, 11) is 0. The molecule has 1 aromatic carbocycles. The van der Waals surface area contributed by atoms with E-state index in [1.807, 2.05) is 0 Å². The van der Waals surface area contributed by atoms with Crippen molar-refractivity contribution >= 4 is 22.8 Å². The van der Waals surface area contributed by atoms with Crippen LogP contribution >= 0.6 is 0 Å². The van der Waals surface area contributed by atoms with Crippen LogP contribution in [0.15, 0.2) is 33.5 Å². The van der Waals surface area contributed by atoms with Crippen LogP contribution in [0.2, 0.25) is 0 Å². The molecule has 0 radical (unpaired) electrons. The molecule has 3 rings (SSSR count). The van der Waals surface area contributed by atoms with Crippen molar-refractivity contribution in [2.75, 3.05) is 26.2 Å². The average molecular weight is 390 g/mol. The third-order valence-corrected chi connectivity index (χ3v) is 4.37. The van der Waals surface area contributed by atoms with Gasteiger partial charge in [-0.05, 0) is 56.8 Å². The van der Waals surface area contributed by atoms with Crippen LogP contribution in [0.4, 0.5) is 9.18 Å². The van der Waals surface area contributed by atoms with Crippen molar-refractivity contribution in [3.8, 4) is 0 Å². The number of fused-ring (bicyclic) bond motifs is 1. The third kappa shape index (κ3) is 4.49. The quantitative estimate of drug-likeness (QED) is 0.748. The van der Waals surface area contributed by atoms with Crippen LogP contribution in [0.25, 0.3) is 10.8 Å². The van der Waals surface area contributed by atoms with Crippen molar-refractivity contribution < 1.29 is 23.1 Å². The molecule has 0 saturated carbocycles. The fraction of sp³-hybridized carbons (Fsp3) is 0.450. The molecule has 1 aliphatic rings. The molecule has 2 aromatic rings. The van der Waals surface area contributed by atoms with Gasteiger partial charge in [0.2, 0.25) is 0 Å². The second-order valence-electron chi connectivity index (χ2n) is 7.74. The van der Waals surface area contributed by atoms with E-state index in [0.717, 1.165) is 0 Å². The topological polar surface area (TPSA) is 80.1 Å². The number of hydrogen-bond donors (Lipinski definition) is 0. The van der Waals surface area contributed by atoms with Gasteiger partial charge in [-0.1, -0.05) is 0 Å². The number of halogens is 1. The minimum atomic E-state index is -0.689. The summed E-state index contributed by atoms with van der Waals surface area (Å²) in [5.74, 6) is -1.11. The Balaban J connectivity index is 1.76. The predicted molar refractivity (Wildman–Crippen MR) is 101 cm³/mol. The van der Waals surface area contributed by atoms with Crippen LogP contribution in [-0.2, 0) is 4.74 Å². The smallest absolute Gasteiger partial charge is 0.410 e. The Bertz CT molecular complexity index is 963. The second kappa shape index (κ2) is 7.61. The van der Waals surface area contributed by atoms with Gasteiger partial charge in [0.25, 0.3) is 5.91 Å². The Morgan fingerprint density at radius 3 is 2.46 bits per heavy atom. The fourth-order valence-electron chi connectivity index (χ4n) is 3.06. The second-order valence-corrected chi connectivity index (χ2v) is 7.74. The van der Waals surface area contributed by atoms with E-state index in [-0.39, 0.29) is 17.7 Å². The number of amides is 2. The van der Waals surface area contributed by atoms with Crippen LogP contribution in [-0.4, -0.2) is 53.6 Å². The first kappa shape index (κ1) is 19.9. The molecule has 150 valence electrons. The predicted octanol–water partition coefficient (Wildman–Crippen LogP) is 3.02. The van der Waals surface area contributed by atoms with Crippen molar-refractivity contribution in [2.45, 2.75) is 32.8 Å². The van der Waals surface area contributed by atoms with Crippen LogP contribution in [0, 0.1) is 5.82 Å². The van der Waals surface area contributed by atoms with Crippen molar-refractivity contribution in [1.82, 2.24) is 9.80 Å². The largest absolute Gasteiger partial charge is 0.444 e. The summed E-state index contributed by atoms with van der Waals surface area (Å²) in [5.41, 5.74) is -1.28. The van der Waals surface area contributed by atoms with Crippen LogP contribution < -0.4 is 5.63 Å². The summed E-state index contributed by atoms with van der Waals surface area (Å²) in [4.78, 5) is 40.2. The van der Waals surface area contributed by atoms with Crippen LogP contribution in [0.1, 0.15) is 37.7 Å². The fourth-order valence-corrected chi connectivity index (χ4v) is 3.06. The first-order chi connectivity index (χ1) is 13.1. The minimum absolute atomic E-state index is 0.145. The number of hydrogen-bond acceptors (Lipinski definition) is 5. The SMILES string of the molecule is CC(C)(C)OC(=O)N1CCCN(C(=O)c2cc3cc(F)ccc3c(=O)o2)CC1. The molecule has 7 nitrogen and oxygen atoms in total. The summed E-state index contributed by atoms with van der Waals surface area (Å²) < 4.78 is 24.0. The van der Waals surface area contributed by atoms with Crippen molar-refractivity contribution in [1.29, 1.82) is 0 Å². The van der Waals surface area contributed by atoms with Gasteiger partial charge < -0.3 is 19.0 Å². The lowest BCUT2D eigenvalue weighted by Gasteiger charge is -2.26. The number of carbonyl (C=O) groups is 2. The van der Waals surface area contributed by atoms with Gasteiger partial charge in [-0.3, -0.25) is 4.79 Å². The Morgan fingerprint density at radius 1 is 1.07 bits per heavy atom. The molecule has 0 atom stereocenters. The highest BCUT2D eigenvalue weighted by molar-refractivity contribution is 5.95. The van der Waals surface area contributed by atoms with Gasteiger partial charge in [0.1, 0.15) is 11.4 Å². The molecule has 1 saturated heterocycles. The van der Waals surface area contributed by atoms with E-state index in [9.17, 15) is 18.8 Å². The minimum Gasteiger partial charge on any atom is -0.444 e. The van der Waals surface area contributed by atoms with Gasteiger partial charge in [-0.2, -0.15) is 0 Å². The molecule has 0 unspecified atom stereocenters. The molecule has 1 fully saturated rings. The number of carbonyl (C=O) groups excluding carboxylic acids is 2. The highest BCUT2D eigenvalue weighted by Crippen LogP contribution is 2.17. The molecular formula is C20H23FN2O5. The number of rotatable bonds is 1. The summed E-state index contributed by atoms with van der Waals surface area (Å²) >= 11 is 0. The highest BCUT2D eigenvalue weighted by Gasteiger charge is 2.27. The maximum absolute atomic E-state index is 13.5. The summed E-state index contributed by atoms with van der Waals surface area (Å²) in [6.07, 6.45) is 0.145. The van der Waals surface area contributed by atoms with Gasteiger partial charge in [-0.15, -0.1) is 0 Å². The van der Waals surface area contributed by atoms with E-state index < -0.39 is 29.0 Å². The molecular weight excluding hydrogens is 367 g/mol. The lowest BCUT2D eigenvalue weighted by Crippen LogP contribution is -2.40. The van der Waals surface area contributed by atoms with Gasteiger partial charge in [-0.25, -0.2) is 14.0 Å². The average Bonchev–Trinajstić information content (AvgIpc) is 2.85. The van der Waals surface area contributed by atoms with Gasteiger partial charge in [0.15, 0.2) is 5.76 Å². The summed E-state index contributed by atoms with van der Waals surface area (Å²) in [5, 5.41) is 0.523. The van der Waals surface area contributed by atoms with Gasteiger partial charge >= 0.3 is 11.7 Å². The lowest BCUT2D eigenvalue weighted by molar-refractivity contribution is 0.0255. The lowest BCUT2D eigenvalue weighted by atomic mass is 10.1. The number of benzene rings is 1. The maximum Gasteiger partial charge on any atom is 0.410 e. The summed E-state index contributed by atoms with van der Waals surface area (Å²) in [6.45, 7) is 6.85. The molecule has 1 aromatic heterocycles. The van der Waals surface area contributed by atoms with Crippen molar-refractivity contribution in [2.24, 2.45) is 0 Å². The van der Waals surface area contributed by atoms with Crippen LogP contribution in [0.5, 0.6) is 0 Å². The van der Waals surface area contributed by atoms with Crippen molar-refractivity contribution in [3.63, 3.8) is 0 Å². The molecule has 0 bridgehead atoms. The van der Waals surface area contributed by atoms with Crippen molar-refractivity contribution in [3.05, 3.63) is 46.3 Å². The zero-order chi connectivity index (χ0) is 20.5. The van der Waals surface area contributed by atoms with E-state index >= 15 is 0 Å². The Morgan fingerprint density at radius 2 is 1.75 bits per heavy atom. The number of ether oxygens (including phenoxy) is 1. The van der Waals surface area contributed by atoms with E-state index in [2.05, 4.69) is 0 Å². The first-order valence-corrected chi connectivity index (χ1v) is 9.15. The Kier molecular flexibility index (Phi) is 5.40.